The van der Waals surface area contributed by atoms with Gasteiger partial charge in [0.2, 0.25) is 5.91 Å². The molecule has 0 aliphatic carbocycles. The summed E-state index contributed by atoms with van der Waals surface area (Å²) in [4.78, 5) is 18.4. The minimum absolute atomic E-state index is 0. The van der Waals surface area contributed by atoms with Crippen molar-refractivity contribution in [2.45, 2.75) is 32.2 Å². The van der Waals surface area contributed by atoms with Crippen LogP contribution in [0.2, 0.25) is 0 Å². The molecule has 22 heavy (non-hydrogen) atoms. The number of halogens is 1. The molecule has 2 aliphatic rings. The van der Waals surface area contributed by atoms with Gasteiger partial charge in [-0.3, -0.25) is 9.69 Å². The van der Waals surface area contributed by atoms with Crippen LogP contribution in [0.3, 0.4) is 0 Å². The highest BCUT2D eigenvalue weighted by Crippen LogP contribution is 2.35. The van der Waals surface area contributed by atoms with E-state index in [2.05, 4.69) is 28.6 Å². The minimum Gasteiger partial charge on any atom is -0.340 e. The number of rotatable bonds is 4. The summed E-state index contributed by atoms with van der Waals surface area (Å²) in [7, 11) is 0. The lowest BCUT2D eigenvalue weighted by atomic mass is 9.97. The Kier molecular flexibility index (Phi) is 6.68. The predicted octanol–water partition coefficient (Wildman–Crippen LogP) is 2.30. The summed E-state index contributed by atoms with van der Waals surface area (Å²) in [5, 5.41) is 5.51. The first-order valence-corrected chi connectivity index (χ1v) is 8.96. The highest BCUT2D eigenvalue weighted by atomic mass is 35.5. The zero-order valence-electron chi connectivity index (χ0n) is 13.2. The standard InChI is InChI=1S/C16H25N3OS.ClH/c1-2-14-13-5-12-21-15(13)3-8-18(14)9-4-16(20)19-10-6-17-7-11-19;/h5,12,14,17H,2-4,6-11H2,1H3;1H. The summed E-state index contributed by atoms with van der Waals surface area (Å²) < 4.78 is 0. The largest absolute Gasteiger partial charge is 0.340 e. The molecule has 2 aliphatic heterocycles. The van der Waals surface area contributed by atoms with Crippen molar-refractivity contribution < 1.29 is 4.79 Å². The van der Waals surface area contributed by atoms with E-state index in [0.717, 1.165) is 52.1 Å². The second kappa shape index (κ2) is 8.29. The van der Waals surface area contributed by atoms with Crippen LogP contribution in [0, 0.1) is 0 Å². The van der Waals surface area contributed by atoms with Crippen LogP contribution in [-0.4, -0.2) is 55.0 Å². The number of carbonyl (C=O) groups excluding carboxylic acids is 1. The van der Waals surface area contributed by atoms with Gasteiger partial charge in [-0.05, 0) is 29.9 Å². The van der Waals surface area contributed by atoms with Crippen LogP contribution in [0.1, 0.15) is 36.2 Å². The molecule has 0 bridgehead atoms. The van der Waals surface area contributed by atoms with Crippen molar-refractivity contribution in [1.29, 1.82) is 0 Å². The molecule has 1 saturated heterocycles. The number of hydrogen-bond acceptors (Lipinski definition) is 4. The van der Waals surface area contributed by atoms with Crippen LogP contribution in [0.5, 0.6) is 0 Å². The molecule has 1 aromatic rings. The number of piperazine rings is 1. The molecule has 0 spiro atoms. The lowest BCUT2D eigenvalue weighted by molar-refractivity contribution is -0.132. The summed E-state index contributed by atoms with van der Waals surface area (Å²) >= 11 is 1.88. The number of nitrogens with one attached hydrogen (secondary N) is 1. The van der Waals surface area contributed by atoms with Gasteiger partial charge in [-0.1, -0.05) is 6.92 Å². The Labute approximate surface area is 143 Å². The van der Waals surface area contributed by atoms with E-state index in [1.54, 1.807) is 4.88 Å². The molecule has 1 N–H and O–H groups in total. The first-order valence-electron chi connectivity index (χ1n) is 8.08. The van der Waals surface area contributed by atoms with Crippen molar-refractivity contribution >= 4 is 29.7 Å². The molecule has 4 nitrogen and oxygen atoms in total. The lowest BCUT2D eigenvalue weighted by Crippen LogP contribution is -2.47. The monoisotopic (exact) mass is 343 g/mol. The third-order valence-corrected chi connectivity index (χ3v) is 5.67. The molecule has 1 atom stereocenters. The number of fused-ring (bicyclic) bond motifs is 1. The van der Waals surface area contributed by atoms with E-state index in [4.69, 9.17) is 0 Å². The molecule has 1 unspecified atom stereocenters. The quantitative estimate of drug-likeness (QED) is 0.911. The first kappa shape index (κ1) is 17.7. The molecule has 1 fully saturated rings. The van der Waals surface area contributed by atoms with Gasteiger partial charge in [0.1, 0.15) is 0 Å². The molecule has 3 heterocycles. The van der Waals surface area contributed by atoms with E-state index >= 15 is 0 Å². The van der Waals surface area contributed by atoms with Crippen LogP contribution in [0.15, 0.2) is 11.4 Å². The molecular weight excluding hydrogens is 318 g/mol. The van der Waals surface area contributed by atoms with Gasteiger partial charge < -0.3 is 10.2 Å². The van der Waals surface area contributed by atoms with Gasteiger partial charge in [0.25, 0.3) is 0 Å². The lowest BCUT2D eigenvalue weighted by Gasteiger charge is -2.36. The third kappa shape index (κ3) is 3.82. The maximum absolute atomic E-state index is 12.3. The molecule has 1 aromatic heterocycles. The van der Waals surface area contributed by atoms with Crippen LogP contribution in [0.25, 0.3) is 0 Å². The Morgan fingerprint density at radius 2 is 2.14 bits per heavy atom. The van der Waals surface area contributed by atoms with E-state index < -0.39 is 0 Å². The van der Waals surface area contributed by atoms with E-state index in [1.165, 1.54) is 5.56 Å². The van der Waals surface area contributed by atoms with Crippen molar-refractivity contribution in [1.82, 2.24) is 15.1 Å². The number of thiophene rings is 1. The van der Waals surface area contributed by atoms with Crippen LogP contribution >= 0.6 is 23.7 Å². The summed E-state index contributed by atoms with van der Waals surface area (Å²) in [6, 6.07) is 2.79. The second-order valence-corrected chi connectivity index (χ2v) is 6.89. The Bertz CT molecular complexity index is 487. The van der Waals surface area contributed by atoms with E-state index in [-0.39, 0.29) is 12.4 Å². The number of hydrogen-bond donors (Lipinski definition) is 1. The average Bonchev–Trinajstić information content (AvgIpc) is 3.01. The van der Waals surface area contributed by atoms with E-state index in [1.807, 2.05) is 16.2 Å². The smallest absolute Gasteiger partial charge is 0.223 e. The summed E-state index contributed by atoms with van der Waals surface area (Å²) in [5.74, 6) is 0.322. The Morgan fingerprint density at radius 3 is 2.86 bits per heavy atom. The van der Waals surface area contributed by atoms with Crippen LogP contribution in [0.4, 0.5) is 0 Å². The molecule has 124 valence electrons. The zero-order valence-corrected chi connectivity index (χ0v) is 14.8. The van der Waals surface area contributed by atoms with Crippen molar-refractivity contribution in [2.24, 2.45) is 0 Å². The van der Waals surface area contributed by atoms with E-state index in [0.29, 0.717) is 18.4 Å². The summed E-state index contributed by atoms with van der Waals surface area (Å²) in [6.07, 6.45) is 2.94. The SMILES string of the molecule is CCC1c2ccsc2CCN1CCC(=O)N1CCNCC1.Cl. The first-order chi connectivity index (χ1) is 10.3. The van der Waals surface area contributed by atoms with Gasteiger partial charge >= 0.3 is 0 Å². The highest BCUT2D eigenvalue weighted by Gasteiger charge is 2.27. The summed E-state index contributed by atoms with van der Waals surface area (Å²) in [5.41, 5.74) is 1.50. The van der Waals surface area contributed by atoms with Crippen molar-refractivity contribution in [3.63, 3.8) is 0 Å². The molecule has 3 rings (SSSR count). The van der Waals surface area contributed by atoms with Crippen molar-refractivity contribution in [3.05, 3.63) is 21.9 Å². The topological polar surface area (TPSA) is 35.6 Å². The van der Waals surface area contributed by atoms with E-state index in [9.17, 15) is 4.79 Å². The average molecular weight is 344 g/mol. The molecule has 6 heteroatoms. The molecule has 0 saturated carbocycles. The summed E-state index contributed by atoms with van der Waals surface area (Å²) in [6.45, 7) is 7.85. The maximum atomic E-state index is 12.3. The fraction of sp³-hybridized carbons (Fsp3) is 0.688. The number of amides is 1. The zero-order chi connectivity index (χ0) is 14.7. The highest BCUT2D eigenvalue weighted by molar-refractivity contribution is 7.10. The second-order valence-electron chi connectivity index (χ2n) is 5.89. The van der Waals surface area contributed by atoms with Gasteiger partial charge in [-0.2, -0.15) is 0 Å². The Hall–Kier alpha value is -0.620. The van der Waals surface area contributed by atoms with Gasteiger partial charge in [0.05, 0.1) is 0 Å². The maximum Gasteiger partial charge on any atom is 0.223 e. The van der Waals surface area contributed by atoms with Gasteiger partial charge in [0.15, 0.2) is 0 Å². The molecular formula is C16H26ClN3OS. The fourth-order valence-corrected chi connectivity index (χ4v) is 4.43. The Morgan fingerprint density at radius 1 is 1.36 bits per heavy atom. The minimum atomic E-state index is 0. The van der Waals surface area contributed by atoms with Crippen molar-refractivity contribution in [3.8, 4) is 0 Å². The Balaban J connectivity index is 0.00000176. The predicted molar refractivity (Wildman–Crippen MR) is 93.9 cm³/mol. The number of nitrogens with zero attached hydrogens (tertiary/aromatic N) is 2. The third-order valence-electron chi connectivity index (χ3n) is 4.68. The van der Waals surface area contributed by atoms with Gasteiger partial charge in [-0.25, -0.2) is 0 Å². The van der Waals surface area contributed by atoms with Crippen LogP contribution in [-0.2, 0) is 11.2 Å². The van der Waals surface area contributed by atoms with Gasteiger partial charge in [0, 0.05) is 56.6 Å². The molecule has 0 aromatic carbocycles. The normalized spacial score (nSPS) is 22.0. The van der Waals surface area contributed by atoms with Crippen molar-refractivity contribution in [2.75, 3.05) is 39.3 Å². The number of carbonyl (C=O) groups is 1. The van der Waals surface area contributed by atoms with Gasteiger partial charge in [-0.15, -0.1) is 23.7 Å². The molecule has 0 radical (unpaired) electrons. The fourth-order valence-electron chi connectivity index (χ4n) is 3.51. The van der Waals surface area contributed by atoms with Crippen LogP contribution < -0.4 is 5.32 Å². The molecule has 1 amide bonds.